The summed E-state index contributed by atoms with van der Waals surface area (Å²) >= 11 is 0. The first-order valence-corrected chi connectivity index (χ1v) is 8.68. The summed E-state index contributed by atoms with van der Waals surface area (Å²) in [7, 11) is 0. The van der Waals surface area contributed by atoms with E-state index in [1.54, 1.807) is 31.2 Å². The Morgan fingerprint density at radius 1 is 1.21 bits per heavy atom. The van der Waals surface area contributed by atoms with Crippen molar-refractivity contribution in [3.05, 3.63) is 48.2 Å². The molecular formula is C19H19F3N2O4. The average molecular weight is 396 g/mol. The molecule has 2 atom stereocenters. The molecule has 1 aliphatic heterocycles. The van der Waals surface area contributed by atoms with Gasteiger partial charge in [-0.3, -0.25) is 9.63 Å². The number of benzene rings is 1. The lowest BCUT2D eigenvalue weighted by Crippen LogP contribution is -2.38. The molecule has 1 amide bonds. The van der Waals surface area contributed by atoms with Crippen LogP contribution in [0.3, 0.4) is 0 Å². The Bertz CT molecular complexity index is 809. The molecule has 6 nitrogen and oxygen atoms in total. The van der Waals surface area contributed by atoms with Crippen molar-refractivity contribution >= 4 is 5.91 Å². The molecule has 2 heterocycles. The van der Waals surface area contributed by atoms with Gasteiger partial charge in [0.1, 0.15) is 11.5 Å². The molecule has 0 N–H and O–H groups in total. The molecule has 1 saturated heterocycles. The van der Waals surface area contributed by atoms with Crippen molar-refractivity contribution in [2.24, 2.45) is 0 Å². The highest BCUT2D eigenvalue weighted by atomic mass is 19.4. The Balaban J connectivity index is 1.56. The molecular weight excluding hydrogens is 377 g/mol. The SMILES string of the molecule is CC1CCN(C(=O)C(C)Oc2ccc(Oc3ccc(C(F)(F)F)cn3)cc2)O1. The van der Waals surface area contributed by atoms with Gasteiger partial charge in [-0.1, -0.05) is 0 Å². The molecule has 1 aliphatic rings. The number of halogens is 3. The van der Waals surface area contributed by atoms with Gasteiger partial charge < -0.3 is 9.47 Å². The number of aromatic nitrogens is 1. The van der Waals surface area contributed by atoms with Crippen LogP contribution >= 0.6 is 0 Å². The first-order chi connectivity index (χ1) is 13.2. The van der Waals surface area contributed by atoms with Gasteiger partial charge in [-0.2, -0.15) is 13.2 Å². The van der Waals surface area contributed by atoms with Crippen LogP contribution in [-0.2, 0) is 15.8 Å². The maximum atomic E-state index is 12.5. The van der Waals surface area contributed by atoms with Gasteiger partial charge in [-0.15, -0.1) is 0 Å². The third-order valence-corrected chi connectivity index (χ3v) is 4.06. The Hall–Kier alpha value is -2.81. The summed E-state index contributed by atoms with van der Waals surface area (Å²) < 4.78 is 48.7. The Labute approximate surface area is 159 Å². The molecule has 0 aliphatic carbocycles. The quantitative estimate of drug-likeness (QED) is 0.758. The molecule has 0 spiro atoms. The van der Waals surface area contributed by atoms with Gasteiger partial charge in [0.2, 0.25) is 5.88 Å². The molecule has 0 radical (unpaired) electrons. The second kappa shape index (κ2) is 8.05. The van der Waals surface area contributed by atoms with E-state index in [1.165, 1.54) is 5.06 Å². The Morgan fingerprint density at radius 3 is 2.43 bits per heavy atom. The fourth-order valence-electron chi connectivity index (χ4n) is 2.56. The zero-order chi connectivity index (χ0) is 20.3. The normalized spacial score (nSPS) is 18.0. The first kappa shape index (κ1) is 19.9. The predicted molar refractivity (Wildman–Crippen MR) is 92.7 cm³/mol. The smallest absolute Gasteiger partial charge is 0.417 e. The van der Waals surface area contributed by atoms with Crippen LogP contribution in [0.25, 0.3) is 0 Å². The number of carbonyl (C=O) groups is 1. The van der Waals surface area contributed by atoms with E-state index in [0.29, 0.717) is 24.2 Å². The second-order valence-corrected chi connectivity index (χ2v) is 6.36. The number of pyridine rings is 1. The number of hydrogen-bond donors (Lipinski definition) is 0. The summed E-state index contributed by atoms with van der Waals surface area (Å²) in [5.41, 5.74) is -0.848. The zero-order valence-electron chi connectivity index (χ0n) is 15.3. The monoisotopic (exact) mass is 396 g/mol. The average Bonchev–Trinajstić information content (AvgIpc) is 3.09. The van der Waals surface area contributed by atoms with E-state index in [1.807, 2.05) is 6.92 Å². The summed E-state index contributed by atoms with van der Waals surface area (Å²) in [4.78, 5) is 21.3. The number of amides is 1. The van der Waals surface area contributed by atoms with E-state index in [-0.39, 0.29) is 17.9 Å². The van der Waals surface area contributed by atoms with Crippen LogP contribution in [0.2, 0.25) is 0 Å². The molecule has 2 aromatic rings. The molecule has 9 heteroatoms. The van der Waals surface area contributed by atoms with Crippen LogP contribution in [-0.4, -0.2) is 34.7 Å². The van der Waals surface area contributed by atoms with Gasteiger partial charge in [0.25, 0.3) is 5.91 Å². The number of ether oxygens (including phenoxy) is 2. The molecule has 3 rings (SSSR count). The van der Waals surface area contributed by atoms with E-state index in [4.69, 9.17) is 14.3 Å². The summed E-state index contributed by atoms with van der Waals surface area (Å²) in [6.45, 7) is 4.05. The maximum absolute atomic E-state index is 12.5. The minimum absolute atomic E-state index is 0.00592. The third kappa shape index (κ3) is 4.92. The number of hydrogen-bond acceptors (Lipinski definition) is 5. The number of carbonyl (C=O) groups excluding carboxylic acids is 1. The maximum Gasteiger partial charge on any atom is 0.417 e. The number of rotatable bonds is 5. The summed E-state index contributed by atoms with van der Waals surface area (Å²) in [5.74, 6) is 0.584. The molecule has 1 aromatic carbocycles. The summed E-state index contributed by atoms with van der Waals surface area (Å²) in [6, 6.07) is 8.37. The van der Waals surface area contributed by atoms with Crippen molar-refractivity contribution in [1.29, 1.82) is 0 Å². The highest BCUT2D eigenvalue weighted by Crippen LogP contribution is 2.30. The van der Waals surface area contributed by atoms with Crippen LogP contribution in [0, 0.1) is 0 Å². The molecule has 0 bridgehead atoms. The molecule has 28 heavy (non-hydrogen) atoms. The Morgan fingerprint density at radius 2 is 1.89 bits per heavy atom. The largest absolute Gasteiger partial charge is 0.481 e. The lowest BCUT2D eigenvalue weighted by Gasteiger charge is -2.20. The van der Waals surface area contributed by atoms with Crippen LogP contribution in [0.4, 0.5) is 13.2 Å². The van der Waals surface area contributed by atoms with Crippen molar-refractivity contribution in [2.45, 2.75) is 38.7 Å². The summed E-state index contributed by atoms with van der Waals surface area (Å²) in [5, 5.41) is 1.31. The fourth-order valence-corrected chi connectivity index (χ4v) is 2.56. The standard InChI is InChI=1S/C19H19F3N2O4/c1-12-9-10-24(28-12)18(25)13(2)26-15-4-6-16(7-5-15)27-17-8-3-14(11-23-17)19(20,21)22/h3-8,11-13H,9-10H2,1-2H3. The molecule has 150 valence electrons. The topological polar surface area (TPSA) is 60.9 Å². The minimum Gasteiger partial charge on any atom is -0.481 e. The van der Waals surface area contributed by atoms with Crippen molar-refractivity contribution in [2.75, 3.05) is 6.54 Å². The Kier molecular flexibility index (Phi) is 5.73. The van der Waals surface area contributed by atoms with E-state index in [9.17, 15) is 18.0 Å². The highest BCUT2D eigenvalue weighted by Gasteiger charge is 2.31. The lowest BCUT2D eigenvalue weighted by molar-refractivity contribution is -0.184. The van der Waals surface area contributed by atoms with Crippen molar-refractivity contribution in [3.8, 4) is 17.4 Å². The van der Waals surface area contributed by atoms with E-state index < -0.39 is 17.8 Å². The van der Waals surface area contributed by atoms with Gasteiger partial charge in [-0.05, 0) is 50.6 Å². The van der Waals surface area contributed by atoms with Gasteiger partial charge in [0, 0.05) is 12.3 Å². The van der Waals surface area contributed by atoms with Gasteiger partial charge >= 0.3 is 6.18 Å². The first-order valence-electron chi connectivity index (χ1n) is 8.68. The number of alkyl halides is 3. The summed E-state index contributed by atoms with van der Waals surface area (Å²) in [6.07, 6.45) is -3.68. The molecule has 1 fully saturated rings. The van der Waals surface area contributed by atoms with Crippen LogP contribution in [0.15, 0.2) is 42.6 Å². The third-order valence-electron chi connectivity index (χ3n) is 4.06. The fraction of sp³-hybridized carbons (Fsp3) is 0.368. The minimum atomic E-state index is -4.45. The van der Waals surface area contributed by atoms with E-state index in [0.717, 1.165) is 18.6 Å². The highest BCUT2D eigenvalue weighted by molar-refractivity contribution is 5.80. The zero-order valence-corrected chi connectivity index (χ0v) is 15.3. The molecule has 0 saturated carbocycles. The van der Waals surface area contributed by atoms with Crippen LogP contribution in [0.5, 0.6) is 17.4 Å². The predicted octanol–water partition coefficient (Wildman–Crippen LogP) is 4.21. The van der Waals surface area contributed by atoms with Crippen molar-refractivity contribution < 1.29 is 32.3 Å². The van der Waals surface area contributed by atoms with Crippen molar-refractivity contribution in [3.63, 3.8) is 0 Å². The van der Waals surface area contributed by atoms with Gasteiger partial charge in [0.05, 0.1) is 18.2 Å². The number of nitrogens with zero attached hydrogens (tertiary/aromatic N) is 2. The van der Waals surface area contributed by atoms with Gasteiger partial charge in [0.15, 0.2) is 6.10 Å². The second-order valence-electron chi connectivity index (χ2n) is 6.36. The molecule has 1 aromatic heterocycles. The number of hydroxylamine groups is 2. The van der Waals surface area contributed by atoms with Crippen LogP contribution in [0.1, 0.15) is 25.8 Å². The van der Waals surface area contributed by atoms with Crippen molar-refractivity contribution in [1.82, 2.24) is 10.0 Å². The van der Waals surface area contributed by atoms with Crippen LogP contribution < -0.4 is 9.47 Å². The lowest BCUT2D eigenvalue weighted by atomic mass is 10.3. The van der Waals surface area contributed by atoms with E-state index >= 15 is 0 Å². The molecule has 2 unspecified atom stereocenters. The van der Waals surface area contributed by atoms with E-state index in [2.05, 4.69) is 4.98 Å². The van der Waals surface area contributed by atoms with Gasteiger partial charge in [-0.25, -0.2) is 10.0 Å².